The maximum atomic E-state index is 4.38. The van der Waals surface area contributed by atoms with Gasteiger partial charge in [-0.3, -0.25) is 4.99 Å². The van der Waals surface area contributed by atoms with Gasteiger partial charge in [-0.1, -0.05) is 24.3 Å². The highest BCUT2D eigenvalue weighted by Gasteiger charge is 2.14. The van der Waals surface area contributed by atoms with E-state index >= 15 is 0 Å². The molecular formula is C14H9N3. The molecular weight excluding hydrogens is 210 g/mol. The van der Waals surface area contributed by atoms with Crippen molar-refractivity contribution in [3.63, 3.8) is 0 Å². The molecule has 0 aromatic heterocycles. The molecule has 17 heavy (non-hydrogen) atoms. The molecule has 3 nitrogen and oxygen atoms in total. The van der Waals surface area contributed by atoms with Crippen LogP contribution in [0.5, 0.6) is 0 Å². The molecule has 3 heteroatoms. The van der Waals surface area contributed by atoms with Crippen LogP contribution >= 0.6 is 0 Å². The van der Waals surface area contributed by atoms with Gasteiger partial charge in [0, 0.05) is 16.8 Å². The number of hydrogen-bond donors (Lipinski definition) is 0. The molecule has 0 N–H and O–H groups in total. The second-order valence-electron chi connectivity index (χ2n) is 4.17. The Labute approximate surface area is 97.6 Å². The van der Waals surface area contributed by atoms with Gasteiger partial charge in [0.05, 0.1) is 17.6 Å². The summed E-state index contributed by atoms with van der Waals surface area (Å²) in [7, 11) is 0. The van der Waals surface area contributed by atoms with E-state index in [4.69, 9.17) is 0 Å². The topological polar surface area (TPSA) is 37.1 Å². The largest absolute Gasteiger partial charge is 0.288 e. The third-order valence-corrected chi connectivity index (χ3v) is 3.28. The zero-order valence-electron chi connectivity index (χ0n) is 9.09. The second kappa shape index (κ2) is 3.10. The van der Waals surface area contributed by atoms with Crippen LogP contribution in [-0.4, -0.2) is 12.6 Å². The number of nitrogens with zero attached hydrogens (tertiary/aromatic N) is 3. The smallest absolute Gasteiger partial charge is 0.116 e. The van der Waals surface area contributed by atoms with Gasteiger partial charge < -0.3 is 0 Å². The Hall–Kier alpha value is -2.29. The summed E-state index contributed by atoms with van der Waals surface area (Å²) in [6.07, 6.45) is 5.52. The van der Waals surface area contributed by atoms with E-state index in [0.29, 0.717) is 0 Å². The highest BCUT2D eigenvalue weighted by atomic mass is 14.9. The molecule has 2 aromatic carbocycles. The molecule has 0 aliphatic carbocycles. The van der Waals surface area contributed by atoms with E-state index in [-0.39, 0.29) is 0 Å². The molecule has 0 saturated carbocycles. The number of rotatable bonds is 0. The van der Waals surface area contributed by atoms with Gasteiger partial charge in [0.1, 0.15) is 6.34 Å². The van der Waals surface area contributed by atoms with Crippen molar-refractivity contribution in [3.8, 4) is 0 Å². The lowest BCUT2D eigenvalue weighted by Crippen LogP contribution is -2.30. The third kappa shape index (κ3) is 1.08. The van der Waals surface area contributed by atoms with Gasteiger partial charge in [0.25, 0.3) is 0 Å². The van der Waals surface area contributed by atoms with E-state index in [1.165, 1.54) is 21.6 Å². The standard InChI is InChI=1S/C14H9N3/c1-2-4-10-9(3-1)12-7-15-6-5-11(12)14-13(10)16-8-17-14/h1-6,8H,7H2. The first-order valence-corrected chi connectivity index (χ1v) is 5.59. The first-order chi connectivity index (χ1) is 8.45. The van der Waals surface area contributed by atoms with Gasteiger partial charge in [0.2, 0.25) is 0 Å². The number of aliphatic imine (C=N–C) groups is 2. The van der Waals surface area contributed by atoms with Crippen LogP contribution in [-0.2, 0) is 6.54 Å². The lowest BCUT2D eigenvalue weighted by molar-refractivity contribution is 1.06. The molecule has 0 saturated heterocycles. The third-order valence-electron chi connectivity index (χ3n) is 3.28. The summed E-state index contributed by atoms with van der Waals surface area (Å²) in [5.74, 6) is 0. The Morgan fingerprint density at radius 1 is 1.06 bits per heavy atom. The fourth-order valence-electron chi connectivity index (χ4n) is 2.52. The van der Waals surface area contributed by atoms with Crippen LogP contribution < -0.4 is 10.6 Å². The van der Waals surface area contributed by atoms with Crippen LogP contribution in [0.15, 0.2) is 39.2 Å². The maximum absolute atomic E-state index is 4.38. The highest BCUT2D eigenvalue weighted by molar-refractivity contribution is 6.00. The molecule has 0 bridgehead atoms. The lowest BCUT2D eigenvalue weighted by Gasteiger charge is -2.09. The van der Waals surface area contributed by atoms with Crippen LogP contribution in [0, 0.1) is 0 Å². The lowest BCUT2D eigenvalue weighted by atomic mass is 9.98. The van der Waals surface area contributed by atoms with Gasteiger partial charge in [-0.05, 0) is 17.0 Å². The van der Waals surface area contributed by atoms with Crippen LogP contribution in [0.1, 0.15) is 5.56 Å². The van der Waals surface area contributed by atoms with E-state index < -0.39 is 0 Å². The average Bonchev–Trinajstić information content (AvgIpc) is 2.89. The fraction of sp³-hybridized carbons (Fsp3) is 0.0714. The Kier molecular flexibility index (Phi) is 1.61. The molecule has 2 aliphatic heterocycles. The van der Waals surface area contributed by atoms with Crippen molar-refractivity contribution in [1.29, 1.82) is 0 Å². The van der Waals surface area contributed by atoms with Crippen LogP contribution in [0.25, 0.3) is 16.8 Å². The zero-order valence-corrected chi connectivity index (χ0v) is 9.09. The number of hydrogen-bond acceptors (Lipinski definition) is 3. The number of benzene rings is 2. The van der Waals surface area contributed by atoms with Gasteiger partial charge in [-0.25, -0.2) is 9.98 Å². The second-order valence-corrected chi connectivity index (χ2v) is 4.17. The molecule has 0 unspecified atom stereocenters. The predicted octanol–water partition coefficient (Wildman–Crippen LogP) is 1.50. The average molecular weight is 219 g/mol. The molecule has 0 radical (unpaired) electrons. The molecule has 2 aliphatic rings. The van der Waals surface area contributed by atoms with Crippen molar-refractivity contribution in [3.05, 3.63) is 40.4 Å². The van der Waals surface area contributed by atoms with Crippen LogP contribution in [0.2, 0.25) is 0 Å². The predicted molar refractivity (Wildman–Crippen MR) is 69.5 cm³/mol. The highest BCUT2D eigenvalue weighted by Crippen LogP contribution is 2.25. The summed E-state index contributed by atoms with van der Waals surface area (Å²) in [6, 6.07) is 8.34. The van der Waals surface area contributed by atoms with Crippen molar-refractivity contribution in [1.82, 2.24) is 0 Å². The fourth-order valence-corrected chi connectivity index (χ4v) is 2.52. The van der Waals surface area contributed by atoms with Gasteiger partial charge >= 0.3 is 0 Å². The summed E-state index contributed by atoms with van der Waals surface area (Å²) < 4.78 is 0. The Balaban J connectivity index is 2.37. The molecule has 0 spiro atoms. The monoisotopic (exact) mass is 219 g/mol. The van der Waals surface area contributed by atoms with Crippen LogP contribution in [0.3, 0.4) is 0 Å². The van der Waals surface area contributed by atoms with Crippen molar-refractivity contribution in [2.45, 2.75) is 6.54 Å². The first-order valence-electron chi connectivity index (χ1n) is 5.59. The molecule has 4 rings (SSSR count). The van der Waals surface area contributed by atoms with E-state index in [1.54, 1.807) is 6.34 Å². The Bertz CT molecular complexity index is 813. The normalized spacial score (nSPS) is 15.3. The summed E-state index contributed by atoms with van der Waals surface area (Å²) in [4.78, 5) is 13.1. The summed E-state index contributed by atoms with van der Waals surface area (Å²) in [6.45, 7) is 0.731. The molecule has 0 atom stereocenters. The summed E-state index contributed by atoms with van der Waals surface area (Å²) in [5, 5.41) is 4.57. The van der Waals surface area contributed by atoms with E-state index in [1.807, 2.05) is 18.4 Å². The molecule has 2 aromatic rings. The Morgan fingerprint density at radius 2 is 1.94 bits per heavy atom. The van der Waals surface area contributed by atoms with Crippen LogP contribution in [0.4, 0.5) is 5.69 Å². The minimum absolute atomic E-state index is 0.731. The van der Waals surface area contributed by atoms with Crippen molar-refractivity contribution >= 4 is 35.1 Å². The molecule has 0 amide bonds. The maximum Gasteiger partial charge on any atom is 0.116 e. The summed E-state index contributed by atoms with van der Waals surface area (Å²) >= 11 is 0. The zero-order chi connectivity index (χ0) is 11.2. The van der Waals surface area contributed by atoms with E-state index in [0.717, 1.165) is 17.6 Å². The SMILES string of the molecule is C1=NCc2c(c3c(c4ccccc24)N=CN=3)=C1. The van der Waals surface area contributed by atoms with Crippen molar-refractivity contribution in [2.24, 2.45) is 15.0 Å². The Morgan fingerprint density at radius 3 is 2.88 bits per heavy atom. The molecule has 2 heterocycles. The molecule has 0 fully saturated rings. The van der Waals surface area contributed by atoms with E-state index in [9.17, 15) is 0 Å². The minimum atomic E-state index is 0.731. The quantitative estimate of drug-likeness (QED) is 0.644. The summed E-state index contributed by atoms with van der Waals surface area (Å²) in [5.41, 5.74) is 2.25. The number of fused-ring (bicyclic) bond motifs is 6. The van der Waals surface area contributed by atoms with Gasteiger partial charge in [-0.2, -0.15) is 0 Å². The van der Waals surface area contributed by atoms with Gasteiger partial charge in [0.15, 0.2) is 0 Å². The molecule has 80 valence electrons. The minimum Gasteiger partial charge on any atom is -0.288 e. The first kappa shape index (κ1) is 8.82. The van der Waals surface area contributed by atoms with Crippen molar-refractivity contribution in [2.75, 3.05) is 0 Å². The van der Waals surface area contributed by atoms with Gasteiger partial charge in [-0.15, -0.1) is 0 Å². The van der Waals surface area contributed by atoms with E-state index in [2.05, 4.69) is 33.2 Å². The van der Waals surface area contributed by atoms with Crippen molar-refractivity contribution < 1.29 is 0 Å².